The molecule has 4 heteroatoms. The first kappa shape index (κ1) is 13.6. The first-order valence-electron chi connectivity index (χ1n) is 7.47. The van der Waals surface area contributed by atoms with E-state index in [0.29, 0.717) is 12.5 Å². The van der Waals surface area contributed by atoms with Gasteiger partial charge >= 0.3 is 0 Å². The van der Waals surface area contributed by atoms with E-state index in [9.17, 15) is 4.79 Å². The number of nitrogens with two attached hydrogens (primary N) is 1. The maximum absolute atomic E-state index is 12.4. The highest BCUT2D eigenvalue weighted by Gasteiger charge is 2.36. The molecular weight excluding hydrogens is 252 g/mol. The molecule has 0 radical (unpaired) electrons. The number of carbonyl (C=O) groups is 1. The third-order valence-corrected chi connectivity index (χ3v) is 4.42. The smallest absolute Gasteiger partial charge is 0.251 e. The maximum atomic E-state index is 12.4. The molecule has 3 rings (SSSR count). The summed E-state index contributed by atoms with van der Waals surface area (Å²) in [7, 11) is 0. The Hall–Kier alpha value is -1.39. The van der Waals surface area contributed by atoms with Gasteiger partial charge in [0.15, 0.2) is 0 Å². The first-order chi connectivity index (χ1) is 9.78. The summed E-state index contributed by atoms with van der Waals surface area (Å²) in [5.41, 5.74) is 6.93. The highest BCUT2D eigenvalue weighted by atomic mass is 16.5. The summed E-state index contributed by atoms with van der Waals surface area (Å²) in [6, 6.07) is 10.4. The number of rotatable bonds is 3. The van der Waals surface area contributed by atoms with E-state index in [2.05, 4.69) is 24.3 Å². The summed E-state index contributed by atoms with van der Waals surface area (Å²) in [6.07, 6.45) is 2.56. The van der Waals surface area contributed by atoms with Crippen LogP contribution in [-0.2, 0) is 9.53 Å². The quantitative estimate of drug-likeness (QED) is 0.909. The molecule has 0 aromatic heterocycles. The van der Waals surface area contributed by atoms with Crippen LogP contribution in [0.4, 0.5) is 0 Å². The van der Waals surface area contributed by atoms with E-state index in [1.54, 1.807) is 0 Å². The Kier molecular flexibility index (Phi) is 4.03. The van der Waals surface area contributed by atoms with Gasteiger partial charge in [0, 0.05) is 25.6 Å². The lowest BCUT2D eigenvalue weighted by molar-refractivity contribution is -0.141. The second-order valence-electron chi connectivity index (χ2n) is 5.74. The van der Waals surface area contributed by atoms with Gasteiger partial charge < -0.3 is 15.4 Å². The fourth-order valence-electron chi connectivity index (χ4n) is 3.22. The van der Waals surface area contributed by atoms with Crippen LogP contribution < -0.4 is 5.73 Å². The molecule has 2 aliphatic rings. The molecule has 20 heavy (non-hydrogen) atoms. The molecule has 2 N–H and O–H groups in total. The standard InChI is InChI=1S/C16H22N2O2/c17-10-14-6-7-15(20-14)16(19)18-9-8-13(11-18)12-4-2-1-3-5-12/h1-5,13-15H,6-11,17H2. The molecular formula is C16H22N2O2. The summed E-state index contributed by atoms with van der Waals surface area (Å²) in [5, 5.41) is 0. The molecule has 2 saturated heterocycles. The van der Waals surface area contributed by atoms with Crippen molar-refractivity contribution in [3.63, 3.8) is 0 Å². The normalized spacial score (nSPS) is 29.9. The maximum Gasteiger partial charge on any atom is 0.251 e. The van der Waals surface area contributed by atoms with Crippen molar-refractivity contribution in [1.29, 1.82) is 0 Å². The Morgan fingerprint density at radius 2 is 2.05 bits per heavy atom. The third kappa shape index (κ3) is 2.72. The zero-order chi connectivity index (χ0) is 13.9. The van der Waals surface area contributed by atoms with Crippen LogP contribution in [0, 0.1) is 0 Å². The molecule has 0 saturated carbocycles. The number of hydrogen-bond donors (Lipinski definition) is 1. The highest BCUT2D eigenvalue weighted by molar-refractivity contribution is 5.81. The van der Waals surface area contributed by atoms with Crippen LogP contribution in [0.15, 0.2) is 30.3 Å². The number of likely N-dealkylation sites (tertiary alicyclic amines) is 1. The fourth-order valence-corrected chi connectivity index (χ4v) is 3.22. The first-order valence-corrected chi connectivity index (χ1v) is 7.47. The Morgan fingerprint density at radius 3 is 2.75 bits per heavy atom. The van der Waals surface area contributed by atoms with E-state index in [4.69, 9.17) is 10.5 Å². The minimum Gasteiger partial charge on any atom is -0.364 e. The van der Waals surface area contributed by atoms with Crippen LogP contribution in [0.5, 0.6) is 0 Å². The molecule has 0 bridgehead atoms. The van der Waals surface area contributed by atoms with Gasteiger partial charge in [-0.15, -0.1) is 0 Å². The van der Waals surface area contributed by atoms with Gasteiger partial charge in [-0.3, -0.25) is 4.79 Å². The molecule has 0 aliphatic carbocycles. The molecule has 108 valence electrons. The second-order valence-corrected chi connectivity index (χ2v) is 5.74. The number of amides is 1. The van der Waals surface area contributed by atoms with Gasteiger partial charge in [0.1, 0.15) is 6.10 Å². The lowest BCUT2D eigenvalue weighted by atomic mass is 9.99. The molecule has 2 fully saturated rings. The number of ether oxygens (including phenoxy) is 1. The van der Waals surface area contributed by atoms with E-state index < -0.39 is 0 Å². The van der Waals surface area contributed by atoms with Crippen molar-refractivity contribution in [3.05, 3.63) is 35.9 Å². The Labute approximate surface area is 119 Å². The highest BCUT2D eigenvalue weighted by Crippen LogP contribution is 2.29. The second kappa shape index (κ2) is 5.94. The molecule has 4 nitrogen and oxygen atoms in total. The van der Waals surface area contributed by atoms with Gasteiger partial charge in [-0.25, -0.2) is 0 Å². The van der Waals surface area contributed by atoms with Crippen LogP contribution in [-0.4, -0.2) is 42.6 Å². The fraction of sp³-hybridized carbons (Fsp3) is 0.562. The summed E-state index contributed by atoms with van der Waals surface area (Å²) >= 11 is 0. The van der Waals surface area contributed by atoms with E-state index in [-0.39, 0.29) is 18.1 Å². The molecule has 1 amide bonds. The lowest BCUT2D eigenvalue weighted by Gasteiger charge is -2.21. The molecule has 3 atom stereocenters. The molecule has 1 aromatic rings. The van der Waals surface area contributed by atoms with Crippen molar-refractivity contribution in [3.8, 4) is 0 Å². The average Bonchev–Trinajstić information content (AvgIpc) is 3.17. The SMILES string of the molecule is NCC1CCC(C(=O)N2CCC(c3ccccc3)C2)O1. The average molecular weight is 274 g/mol. The van der Waals surface area contributed by atoms with Gasteiger partial charge in [0.2, 0.25) is 0 Å². The van der Waals surface area contributed by atoms with Crippen molar-refractivity contribution in [2.24, 2.45) is 5.73 Å². The van der Waals surface area contributed by atoms with E-state index >= 15 is 0 Å². The Bertz CT molecular complexity index is 463. The molecule has 3 unspecified atom stereocenters. The third-order valence-electron chi connectivity index (χ3n) is 4.42. The molecule has 0 spiro atoms. The van der Waals surface area contributed by atoms with Crippen molar-refractivity contribution >= 4 is 5.91 Å². The number of nitrogens with zero attached hydrogens (tertiary/aromatic N) is 1. The summed E-state index contributed by atoms with van der Waals surface area (Å²) in [6.45, 7) is 2.16. The summed E-state index contributed by atoms with van der Waals surface area (Å²) in [5.74, 6) is 0.617. The van der Waals surface area contributed by atoms with Crippen LogP contribution in [0.2, 0.25) is 0 Å². The van der Waals surface area contributed by atoms with Crippen molar-refractivity contribution in [1.82, 2.24) is 4.90 Å². The van der Waals surface area contributed by atoms with Crippen LogP contribution in [0.25, 0.3) is 0 Å². The number of hydrogen-bond acceptors (Lipinski definition) is 3. The largest absolute Gasteiger partial charge is 0.364 e. The van der Waals surface area contributed by atoms with Crippen molar-refractivity contribution in [2.45, 2.75) is 37.4 Å². The summed E-state index contributed by atoms with van der Waals surface area (Å²) in [4.78, 5) is 14.4. The Balaban J connectivity index is 1.59. The lowest BCUT2D eigenvalue weighted by Crippen LogP contribution is -2.38. The minimum atomic E-state index is -0.266. The van der Waals surface area contributed by atoms with Crippen LogP contribution in [0.1, 0.15) is 30.7 Å². The zero-order valence-electron chi connectivity index (χ0n) is 11.7. The van der Waals surface area contributed by atoms with E-state index in [0.717, 1.165) is 32.4 Å². The van der Waals surface area contributed by atoms with Crippen LogP contribution in [0.3, 0.4) is 0 Å². The van der Waals surface area contributed by atoms with Crippen LogP contribution >= 0.6 is 0 Å². The summed E-state index contributed by atoms with van der Waals surface area (Å²) < 4.78 is 5.71. The zero-order valence-corrected chi connectivity index (χ0v) is 11.7. The predicted octanol–water partition coefficient (Wildman–Crippen LogP) is 1.51. The van der Waals surface area contributed by atoms with E-state index in [1.165, 1.54) is 5.56 Å². The molecule has 2 heterocycles. The van der Waals surface area contributed by atoms with Gasteiger partial charge in [-0.1, -0.05) is 30.3 Å². The van der Waals surface area contributed by atoms with Crippen molar-refractivity contribution < 1.29 is 9.53 Å². The number of benzene rings is 1. The topological polar surface area (TPSA) is 55.6 Å². The minimum absolute atomic E-state index is 0.0662. The van der Waals surface area contributed by atoms with Crippen molar-refractivity contribution in [2.75, 3.05) is 19.6 Å². The van der Waals surface area contributed by atoms with E-state index in [1.807, 2.05) is 11.0 Å². The molecule has 2 aliphatic heterocycles. The molecule has 1 aromatic carbocycles. The van der Waals surface area contributed by atoms with Gasteiger partial charge in [0.05, 0.1) is 6.10 Å². The van der Waals surface area contributed by atoms with Gasteiger partial charge in [0.25, 0.3) is 5.91 Å². The Morgan fingerprint density at radius 1 is 1.25 bits per heavy atom. The number of carbonyl (C=O) groups excluding carboxylic acids is 1. The van der Waals surface area contributed by atoms with Gasteiger partial charge in [-0.05, 0) is 24.8 Å². The monoisotopic (exact) mass is 274 g/mol. The predicted molar refractivity (Wildman–Crippen MR) is 77.3 cm³/mol. The van der Waals surface area contributed by atoms with Gasteiger partial charge in [-0.2, -0.15) is 0 Å².